The maximum Gasteiger partial charge on any atom is 0.422 e. The van der Waals surface area contributed by atoms with E-state index < -0.39 is 30.3 Å². The Morgan fingerprint density at radius 1 is 1.12 bits per heavy atom. The van der Waals surface area contributed by atoms with Crippen LogP contribution in [0.15, 0.2) is 43.0 Å². The monoisotopic (exact) mass is 577 g/mol. The number of hydrogen-bond donors (Lipinski definition) is 0. The summed E-state index contributed by atoms with van der Waals surface area (Å²) in [6, 6.07) is 9.76. The second-order valence-electron chi connectivity index (χ2n) is 9.70. The van der Waals surface area contributed by atoms with Gasteiger partial charge in [-0.2, -0.15) is 23.1 Å². The van der Waals surface area contributed by atoms with E-state index in [-0.39, 0.29) is 39.7 Å². The van der Waals surface area contributed by atoms with Gasteiger partial charge >= 0.3 is 12.2 Å². The molecule has 1 aliphatic rings. The third-order valence-corrected chi connectivity index (χ3v) is 6.77. The highest BCUT2D eigenvalue weighted by Gasteiger charge is 2.29. The largest absolute Gasteiger partial charge is 0.467 e. The predicted molar refractivity (Wildman–Crippen MR) is 152 cm³/mol. The van der Waals surface area contributed by atoms with Gasteiger partial charge in [-0.15, -0.1) is 0 Å². The molecule has 0 spiro atoms. The Bertz CT molecular complexity index is 1470. The smallest absolute Gasteiger partial charge is 0.422 e. The van der Waals surface area contributed by atoms with Crippen LogP contribution in [0.1, 0.15) is 52.0 Å². The second-order valence-corrected chi connectivity index (χ2v) is 9.70. The Kier molecular flexibility index (Phi) is 11.2. The van der Waals surface area contributed by atoms with E-state index in [0.29, 0.717) is 5.39 Å². The minimum absolute atomic E-state index is 0.0877. The van der Waals surface area contributed by atoms with Crippen LogP contribution in [0.2, 0.25) is 0 Å². The summed E-state index contributed by atoms with van der Waals surface area (Å²) in [5, 5.41) is 0.203. The molecule has 3 aromatic rings. The van der Waals surface area contributed by atoms with Gasteiger partial charge in [0.25, 0.3) is 0 Å². The highest BCUT2D eigenvalue weighted by molar-refractivity contribution is 6.03. The summed E-state index contributed by atoms with van der Waals surface area (Å²) in [4.78, 5) is 10.3. The fraction of sp³-hybridized carbons (Fsp3) is 0.419. The van der Waals surface area contributed by atoms with Gasteiger partial charge in [0.15, 0.2) is 12.4 Å². The Hall–Kier alpha value is -3.53. The third-order valence-electron chi connectivity index (χ3n) is 6.77. The molecule has 0 N–H and O–H groups in total. The molecular weight excluding hydrogens is 541 g/mol. The van der Waals surface area contributed by atoms with Crippen molar-refractivity contribution in [2.45, 2.75) is 58.7 Å². The van der Waals surface area contributed by atoms with Gasteiger partial charge in [-0.1, -0.05) is 56.3 Å². The van der Waals surface area contributed by atoms with E-state index in [1.54, 1.807) is 25.1 Å². The molecule has 10 heteroatoms. The molecule has 1 atom stereocenters. The van der Waals surface area contributed by atoms with E-state index in [1.165, 1.54) is 63.4 Å². The van der Waals surface area contributed by atoms with Crippen molar-refractivity contribution in [2.24, 2.45) is 0 Å². The molecule has 5 nitrogen and oxygen atoms in total. The third kappa shape index (κ3) is 8.25. The first kappa shape index (κ1) is 32.0. The summed E-state index contributed by atoms with van der Waals surface area (Å²) in [5.74, 6) is -2.04. The molecule has 41 heavy (non-hydrogen) atoms. The molecule has 1 aliphatic heterocycles. The summed E-state index contributed by atoms with van der Waals surface area (Å²) in [5.41, 5.74) is -0.0267. The Balaban J connectivity index is 0.000000436. The summed E-state index contributed by atoms with van der Waals surface area (Å²) >= 11 is 0. The minimum atomic E-state index is -4.63. The Labute approximate surface area is 237 Å². The van der Waals surface area contributed by atoms with Gasteiger partial charge in [0, 0.05) is 17.0 Å². The fourth-order valence-electron chi connectivity index (χ4n) is 4.80. The highest BCUT2D eigenvalue weighted by Crippen LogP contribution is 2.31. The quantitative estimate of drug-likeness (QED) is 0.283. The first-order valence-electron chi connectivity index (χ1n) is 13.6. The molecule has 1 unspecified atom stereocenters. The zero-order valence-corrected chi connectivity index (χ0v) is 23.8. The normalized spacial score (nSPS) is 16.8. The Morgan fingerprint density at radius 3 is 2.41 bits per heavy atom. The SMILES string of the molecule is C=C(/C(F)=c1/nc(OCC)nc(OCC(F)(F)F)/c1=C/C)c1cccc2cccc(F)c12.CCCC1CCCN1C. The van der Waals surface area contributed by atoms with E-state index in [4.69, 9.17) is 9.47 Å². The number of ether oxygens (including phenoxy) is 2. The number of benzene rings is 2. The van der Waals surface area contributed by atoms with Gasteiger partial charge in [-0.25, -0.2) is 8.78 Å². The number of nitrogens with zero attached hydrogens (tertiary/aromatic N) is 3. The number of alkyl halides is 3. The summed E-state index contributed by atoms with van der Waals surface area (Å²) < 4.78 is 78.2. The number of aromatic nitrogens is 2. The van der Waals surface area contributed by atoms with E-state index in [9.17, 15) is 17.6 Å². The molecule has 0 bridgehead atoms. The van der Waals surface area contributed by atoms with Crippen molar-refractivity contribution < 1.29 is 31.4 Å². The van der Waals surface area contributed by atoms with Crippen molar-refractivity contribution in [3.8, 4) is 11.9 Å². The number of allylic oxidation sites excluding steroid dienone is 1. The van der Waals surface area contributed by atoms with Crippen molar-refractivity contribution in [3.63, 3.8) is 0 Å². The van der Waals surface area contributed by atoms with Crippen LogP contribution in [0.5, 0.6) is 11.9 Å². The molecule has 1 aromatic heterocycles. The zero-order valence-electron chi connectivity index (χ0n) is 23.8. The summed E-state index contributed by atoms with van der Waals surface area (Å²) in [7, 11) is 2.24. The standard InChI is InChI=1S/C23H19F5N2O2.C8H17N/c1-4-15-20(29-22(31-5-2)30-21(15)32-12-23(26,27)28)19(25)13(3)16-10-6-8-14-9-7-11-17(24)18(14)16;1-3-5-8-6-4-7-9(8)2/h4,6-11H,3,5,12H2,1-2H3;8H,3-7H2,1-2H3/b15-4+,20-19-;. The van der Waals surface area contributed by atoms with Crippen molar-refractivity contribution in [2.75, 3.05) is 26.8 Å². The van der Waals surface area contributed by atoms with Crippen LogP contribution in [0.4, 0.5) is 22.0 Å². The maximum atomic E-state index is 15.6. The average Bonchev–Trinajstić information content (AvgIpc) is 3.35. The molecule has 4 rings (SSSR count). The van der Waals surface area contributed by atoms with Crippen LogP contribution in [0, 0.1) is 5.82 Å². The van der Waals surface area contributed by atoms with Crippen LogP contribution < -0.4 is 20.0 Å². The van der Waals surface area contributed by atoms with Crippen LogP contribution in [-0.2, 0) is 0 Å². The van der Waals surface area contributed by atoms with Gasteiger partial charge in [-0.3, -0.25) is 0 Å². The summed E-state index contributed by atoms with van der Waals surface area (Å²) in [6.07, 6.45) is 2.28. The number of halogens is 5. The van der Waals surface area contributed by atoms with E-state index in [0.717, 1.165) is 6.04 Å². The fourth-order valence-corrected chi connectivity index (χ4v) is 4.80. The lowest BCUT2D eigenvalue weighted by Gasteiger charge is -2.17. The average molecular weight is 578 g/mol. The lowest BCUT2D eigenvalue weighted by Crippen LogP contribution is -2.35. The summed E-state index contributed by atoms with van der Waals surface area (Å²) in [6.45, 7) is 8.87. The molecule has 222 valence electrons. The van der Waals surface area contributed by atoms with Crippen LogP contribution in [-0.4, -0.2) is 53.9 Å². The minimum Gasteiger partial charge on any atom is -0.467 e. The van der Waals surface area contributed by atoms with Crippen LogP contribution >= 0.6 is 0 Å². The van der Waals surface area contributed by atoms with Crippen molar-refractivity contribution in [3.05, 3.63) is 64.9 Å². The van der Waals surface area contributed by atoms with Crippen LogP contribution in [0.3, 0.4) is 0 Å². The van der Waals surface area contributed by atoms with Crippen molar-refractivity contribution >= 4 is 28.2 Å². The molecule has 1 fully saturated rings. The predicted octanol–water partition coefficient (Wildman–Crippen LogP) is 6.58. The highest BCUT2D eigenvalue weighted by atomic mass is 19.4. The lowest BCUT2D eigenvalue weighted by atomic mass is 9.97. The molecule has 0 saturated carbocycles. The van der Waals surface area contributed by atoms with Gasteiger partial charge in [0.2, 0.25) is 5.88 Å². The second kappa shape index (κ2) is 14.4. The molecule has 0 radical (unpaired) electrons. The number of hydrogen-bond acceptors (Lipinski definition) is 5. The zero-order chi connectivity index (χ0) is 30.2. The topological polar surface area (TPSA) is 47.5 Å². The van der Waals surface area contributed by atoms with Gasteiger partial charge in [-0.05, 0) is 63.7 Å². The lowest BCUT2D eigenvalue weighted by molar-refractivity contribution is -0.154. The molecule has 1 saturated heterocycles. The molecule has 0 aliphatic carbocycles. The molecule has 2 aromatic carbocycles. The van der Waals surface area contributed by atoms with Gasteiger partial charge < -0.3 is 14.4 Å². The number of rotatable bonds is 8. The number of likely N-dealkylation sites (tertiary alicyclic amines) is 1. The molecule has 0 amide bonds. The van der Waals surface area contributed by atoms with E-state index in [1.807, 2.05) is 0 Å². The van der Waals surface area contributed by atoms with Crippen molar-refractivity contribution in [1.29, 1.82) is 0 Å². The van der Waals surface area contributed by atoms with E-state index in [2.05, 4.69) is 35.4 Å². The van der Waals surface area contributed by atoms with E-state index >= 15 is 4.39 Å². The van der Waals surface area contributed by atoms with Crippen LogP contribution in [0.25, 0.3) is 28.2 Å². The first-order chi connectivity index (χ1) is 19.5. The Morgan fingerprint density at radius 2 is 1.83 bits per heavy atom. The molecule has 2 heterocycles. The number of fused-ring (bicyclic) bond motifs is 1. The van der Waals surface area contributed by atoms with Crippen molar-refractivity contribution in [1.82, 2.24) is 14.9 Å². The maximum absolute atomic E-state index is 15.6. The van der Waals surface area contributed by atoms with Gasteiger partial charge in [0.05, 0.1) is 11.8 Å². The molecular formula is C31H36F5N3O2. The first-order valence-corrected chi connectivity index (χ1v) is 13.6. The van der Waals surface area contributed by atoms with Gasteiger partial charge in [0.1, 0.15) is 11.2 Å².